The zero-order valence-corrected chi connectivity index (χ0v) is 38.3. The molecule has 0 amide bonds. The van der Waals surface area contributed by atoms with E-state index in [9.17, 15) is 9.59 Å². The van der Waals surface area contributed by atoms with Crippen LogP contribution in [0.1, 0.15) is 226 Å². The summed E-state index contributed by atoms with van der Waals surface area (Å²) >= 11 is 0. The van der Waals surface area contributed by atoms with Crippen molar-refractivity contribution < 1.29 is 23.8 Å². The van der Waals surface area contributed by atoms with E-state index in [0.717, 1.165) is 64.2 Å². The van der Waals surface area contributed by atoms with Gasteiger partial charge in [-0.1, -0.05) is 229 Å². The lowest BCUT2D eigenvalue weighted by molar-refractivity contribution is -0.162. The van der Waals surface area contributed by atoms with E-state index in [1.165, 1.54) is 122 Å². The number of ether oxygens (including phenoxy) is 3. The van der Waals surface area contributed by atoms with Crippen LogP contribution in [0.5, 0.6) is 0 Å². The van der Waals surface area contributed by atoms with Crippen molar-refractivity contribution in [2.45, 2.75) is 232 Å². The van der Waals surface area contributed by atoms with Gasteiger partial charge in [-0.25, -0.2) is 0 Å². The molecule has 1 unspecified atom stereocenters. The number of rotatable bonds is 44. The monoisotopic (exact) mass is 809 g/mol. The molecule has 0 aromatic carbocycles. The third-order valence-corrected chi connectivity index (χ3v) is 10.3. The van der Waals surface area contributed by atoms with Gasteiger partial charge < -0.3 is 14.2 Å². The van der Waals surface area contributed by atoms with Crippen LogP contribution < -0.4 is 0 Å². The summed E-state index contributed by atoms with van der Waals surface area (Å²) in [6, 6.07) is 0. The molecule has 0 saturated heterocycles. The van der Waals surface area contributed by atoms with Crippen molar-refractivity contribution in [2.24, 2.45) is 0 Å². The number of hydrogen-bond donors (Lipinski definition) is 0. The molecule has 0 saturated carbocycles. The maximum Gasteiger partial charge on any atom is 0.306 e. The maximum absolute atomic E-state index is 12.7. The van der Waals surface area contributed by atoms with E-state index in [0.29, 0.717) is 25.9 Å². The molecule has 0 aliphatic rings. The van der Waals surface area contributed by atoms with Gasteiger partial charge in [0.05, 0.1) is 6.61 Å². The van der Waals surface area contributed by atoms with E-state index in [-0.39, 0.29) is 25.2 Å². The smallest absolute Gasteiger partial charge is 0.306 e. The quantitative estimate of drug-likeness (QED) is 0.0348. The Morgan fingerprint density at radius 2 is 0.776 bits per heavy atom. The van der Waals surface area contributed by atoms with Gasteiger partial charge in [0, 0.05) is 19.4 Å². The summed E-state index contributed by atoms with van der Waals surface area (Å²) in [7, 11) is 0. The average molecular weight is 809 g/mol. The van der Waals surface area contributed by atoms with Crippen LogP contribution in [-0.2, 0) is 23.8 Å². The highest BCUT2D eigenvalue weighted by molar-refractivity contribution is 5.70. The lowest BCUT2D eigenvalue weighted by Crippen LogP contribution is -2.30. The van der Waals surface area contributed by atoms with Crippen LogP contribution in [0.2, 0.25) is 0 Å². The Morgan fingerprint density at radius 1 is 0.397 bits per heavy atom. The first kappa shape index (κ1) is 55.3. The third-order valence-electron chi connectivity index (χ3n) is 10.3. The van der Waals surface area contributed by atoms with Crippen molar-refractivity contribution in [3.63, 3.8) is 0 Å². The number of hydrogen-bond acceptors (Lipinski definition) is 5. The Kier molecular flexibility index (Phi) is 46.5. The summed E-state index contributed by atoms with van der Waals surface area (Å²) < 4.78 is 17.2. The number of allylic oxidation sites excluding steroid dienone is 12. The van der Waals surface area contributed by atoms with Gasteiger partial charge in [0.1, 0.15) is 6.61 Å². The van der Waals surface area contributed by atoms with Gasteiger partial charge in [-0.2, -0.15) is 0 Å². The van der Waals surface area contributed by atoms with E-state index >= 15 is 0 Å². The Balaban J connectivity index is 4.20. The molecule has 0 N–H and O–H groups in total. The molecule has 334 valence electrons. The lowest BCUT2D eigenvalue weighted by Gasteiger charge is -2.18. The second-order valence-corrected chi connectivity index (χ2v) is 16.0. The summed E-state index contributed by atoms with van der Waals surface area (Å²) in [5, 5.41) is 0. The summed E-state index contributed by atoms with van der Waals surface area (Å²) in [6.45, 7) is 7.61. The van der Waals surface area contributed by atoms with Gasteiger partial charge >= 0.3 is 11.9 Å². The van der Waals surface area contributed by atoms with Gasteiger partial charge in [0.2, 0.25) is 0 Å². The zero-order valence-electron chi connectivity index (χ0n) is 38.3. The highest BCUT2D eigenvalue weighted by atomic mass is 16.6. The van der Waals surface area contributed by atoms with Crippen LogP contribution in [-0.4, -0.2) is 37.9 Å². The molecule has 0 bridgehead atoms. The highest BCUT2D eigenvalue weighted by Crippen LogP contribution is 2.15. The van der Waals surface area contributed by atoms with E-state index in [2.05, 4.69) is 87.6 Å². The summed E-state index contributed by atoms with van der Waals surface area (Å²) in [5.41, 5.74) is 0. The second kappa shape index (κ2) is 48.7. The molecule has 0 aliphatic carbocycles. The first-order chi connectivity index (χ1) is 28.6. The summed E-state index contributed by atoms with van der Waals surface area (Å²) in [5.74, 6) is -0.493. The number of unbranched alkanes of at least 4 members (excludes halogenated alkanes) is 21. The fraction of sp³-hybridized carbons (Fsp3) is 0.736. The van der Waals surface area contributed by atoms with E-state index in [1.54, 1.807) is 0 Å². The molecular formula is C53H92O5. The summed E-state index contributed by atoms with van der Waals surface area (Å²) in [4.78, 5) is 25.2. The van der Waals surface area contributed by atoms with E-state index in [1.807, 2.05) is 6.08 Å². The van der Waals surface area contributed by atoms with Crippen molar-refractivity contribution >= 4 is 11.9 Å². The number of carbonyl (C=O) groups is 2. The zero-order chi connectivity index (χ0) is 42.1. The van der Waals surface area contributed by atoms with Gasteiger partial charge in [0.15, 0.2) is 6.10 Å². The van der Waals surface area contributed by atoms with Crippen LogP contribution in [0, 0.1) is 0 Å². The standard InChI is InChI=1S/C53H92O5/c1-4-7-10-13-16-18-20-22-24-26-27-29-30-32-34-36-38-40-43-46-52(54)57-50-51(49-56-48-45-42-15-12-9-6-3)58-53(55)47-44-41-39-37-35-33-31-28-25-23-21-19-17-14-11-8-5-2/h7,10,16,18,22,24,27,29,32,34,38,40,51H,4-6,8-9,11-15,17,19-21,23,25-26,28,30-31,33,35-37,39,41-50H2,1-3H3/b10-7-,18-16-,24-22-,29-27-,34-32-,40-38-. The first-order valence-corrected chi connectivity index (χ1v) is 24.5. The van der Waals surface area contributed by atoms with Crippen molar-refractivity contribution in [3.05, 3.63) is 72.9 Å². The summed E-state index contributed by atoms with van der Waals surface area (Å²) in [6.07, 6.45) is 62.2. The molecule has 1 atom stereocenters. The predicted octanol–water partition coefficient (Wildman–Crippen LogP) is 16.3. The molecule has 0 heterocycles. The van der Waals surface area contributed by atoms with Crippen LogP contribution >= 0.6 is 0 Å². The molecule has 5 nitrogen and oxygen atoms in total. The molecule has 0 spiro atoms. The van der Waals surface area contributed by atoms with Crippen LogP contribution in [0.3, 0.4) is 0 Å². The van der Waals surface area contributed by atoms with E-state index < -0.39 is 6.10 Å². The molecule has 0 aliphatic heterocycles. The van der Waals surface area contributed by atoms with Gasteiger partial charge in [-0.15, -0.1) is 0 Å². The molecule has 0 fully saturated rings. The molecule has 0 radical (unpaired) electrons. The van der Waals surface area contributed by atoms with Gasteiger partial charge in [-0.3, -0.25) is 9.59 Å². The Morgan fingerprint density at radius 3 is 1.21 bits per heavy atom. The second-order valence-electron chi connectivity index (χ2n) is 16.0. The Labute approximate surface area is 359 Å². The van der Waals surface area contributed by atoms with Crippen molar-refractivity contribution in [3.8, 4) is 0 Å². The minimum Gasteiger partial charge on any atom is -0.462 e. The minimum absolute atomic E-state index is 0.0455. The number of carbonyl (C=O) groups excluding carboxylic acids is 2. The molecule has 58 heavy (non-hydrogen) atoms. The predicted molar refractivity (Wildman–Crippen MR) is 251 cm³/mol. The van der Waals surface area contributed by atoms with Gasteiger partial charge in [0.25, 0.3) is 0 Å². The molecule has 0 aromatic heterocycles. The Hall–Kier alpha value is -2.66. The van der Waals surface area contributed by atoms with Crippen molar-refractivity contribution in [2.75, 3.05) is 19.8 Å². The molecular weight excluding hydrogens is 717 g/mol. The van der Waals surface area contributed by atoms with Crippen molar-refractivity contribution in [1.29, 1.82) is 0 Å². The maximum atomic E-state index is 12.7. The normalized spacial score (nSPS) is 12.8. The highest BCUT2D eigenvalue weighted by Gasteiger charge is 2.17. The van der Waals surface area contributed by atoms with Crippen molar-refractivity contribution in [1.82, 2.24) is 0 Å². The molecule has 0 rings (SSSR count). The lowest BCUT2D eigenvalue weighted by atomic mass is 10.0. The largest absolute Gasteiger partial charge is 0.462 e. The third kappa shape index (κ3) is 46.0. The van der Waals surface area contributed by atoms with Crippen LogP contribution in [0.15, 0.2) is 72.9 Å². The average Bonchev–Trinajstić information content (AvgIpc) is 3.22. The SMILES string of the molecule is CC/C=C\C/C=C\C/C=C\C/C=C\C/C=C\C/C=C\CCC(=O)OCC(COCCCCCCCC)OC(=O)CCCCCCCCCCCCCCCCCCC. The number of esters is 2. The fourth-order valence-corrected chi connectivity index (χ4v) is 6.65. The van der Waals surface area contributed by atoms with E-state index in [4.69, 9.17) is 14.2 Å². The molecule has 5 heteroatoms. The first-order valence-electron chi connectivity index (χ1n) is 24.5. The fourth-order valence-electron chi connectivity index (χ4n) is 6.65. The van der Waals surface area contributed by atoms with Crippen LogP contribution in [0.4, 0.5) is 0 Å². The van der Waals surface area contributed by atoms with Gasteiger partial charge in [-0.05, 0) is 57.8 Å². The Bertz CT molecular complexity index is 1050. The topological polar surface area (TPSA) is 61.8 Å². The van der Waals surface area contributed by atoms with Crippen LogP contribution in [0.25, 0.3) is 0 Å². The minimum atomic E-state index is -0.562. The molecule has 0 aromatic rings.